The van der Waals surface area contributed by atoms with Crippen molar-refractivity contribution in [1.82, 2.24) is 0 Å². The zero-order chi connectivity index (χ0) is 12.8. The number of anilines is 2. The van der Waals surface area contributed by atoms with Crippen LogP contribution < -0.4 is 10.6 Å². The van der Waals surface area contributed by atoms with Crippen LogP contribution in [-0.2, 0) is 4.74 Å². The number of hydrogen-bond acceptors (Lipinski definition) is 4. The zero-order valence-electron chi connectivity index (χ0n) is 10.6. The summed E-state index contributed by atoms with van der Waals surface area (Å²) < 4.78 is 5.16. The average molecular weight is 233 g/mol. The van der Waals surface area contributed by atoms with Crippen molar-refractivity contribution in [3.63, 3.8) is 0 Å². The van der Waals surface area contributed by atoms with E-state index in [0.717, 1.165) is 12.2 Å². The van der Waals surface area contributed by atoms with Gasteiger partial charge in [-0.05, 0) is 32.0 Å². The van der Waals surface area contributed by atoms with Crippen molar-refractivity contribution in [3.05, 3.63) is 23.8 Å². The molecule has 0 spiro atoms. The lowest BCUT2D eigenvalue weighted by atomic mass is 10.1. The zero-order valence-corrected chi connectivity index (χ0v) is 10.6. The predicted octanol–water partition coefficient (Wildman–Crippen LogP) is 2.00. The molecule has 2 N–H and O–H groups in total. The molecule has 1 rings (SSSR count). The predicted molar refractivity (Wildman–Crippen MR) is 69.9 cm³/mol. The van der Waals surface area contributed by atoms with Crippen LogP contribution in [0.1, 0.15) is 19.4 Å². The van der Waals surface area contributed by atoms with Crippen molar-refractivity contribution in [3.8, 4) is 6.07 Å². The van der Waals surface area contributed by atoms with Crippen molar-refractivity contribution in [1.29, 1.82) is 5.26 Å². The molecule has 0 fully saturated rings. The second kappa shape index (κ2) is 6.12. The summed E-state index contributed by atoms with van der Waals surface area (Å²) in [6, 6.07) is 7.90. The molecule has 1 aromatic carbocycles. The molecule has 4 nitrogen and oxygen atoms in total. The Labute approximate surface area is 103 Å². The van der Waals surface area contributed by atoms with Crippen LogP contribution in [0.4, 0.5) is 11.4 Å². The van der Waals surface area contributed by atoms with Gasteiger partial charge in [-0.3, -0.25) is 0 Å². The Morgan fingerprint density at radius 1 is 1.53 bits per heavy atom. The molecule has 0 bridgehead atoms. The van der Waals surface area contributed by atoms with Gasteiger partial charge in [-0.2, -0.15) is 5.26 Å². The maximum Gasteiger partial charge on any atom is 0.101 e. The third-order valence-electron chi connectivity index (χ3n) is 2.77. The number of nitrogens with two attached hydrogens (primary N) is 1. The Morgan fingerprint density at radius 3 is 2.76 bits per heavy atom. The van der Waals surface area contributed by atoms with E-state index >= 15 is 0 Å². The van der Waals surface area contributed by atoms with Crippen LogP contribution in [0.25, 0.3) is 0 Å². The van der Waals surface area contributed by atoms with Gasteiger partial charge in [-0.1, -0.05) is 0 Å². The van der Waals surface area contributed by atoms with Gasteiger partial charge in [0.25, 0.3) is 0 Å². The Bertz CT molecular complexity index is 412. The first-order valence-electron chi connectivity index (χ1n) is 5.69. The van der Waals surface area contributed by atoms with E-state index in [-0.39, 0.29) is 6.04 Å². The second-order valence-electron chi connectivity index (χ2n) is 3.97. The first-order valence-corrected chi connectivity index (χ1v) is 5.69. The molecule has 0 saturated heterocycles. The number of nitrogens with zero attached hydrogens (tertiary/aromatic N) is 2. The Morgan fingerprint density at radius 2 is 2.24 bits per heavy atom. The van der Waals surface area contributed by atoms with Gasteiger partial charge in [0.2, 0.25) is 0 Å². The summed E-state index contributed by atoms with van der Waals surface area (Å²) in [6.07, 6.45) is 0. The van der Waals surface area contributed by atoms with Gasteiger partial charge in [0.1, 0.15) is 6.07 Å². The van der Waals surface area contributed by atoms with Gasteiger partial charge in [0.05, 0.1) is 12.2 Å². The van der Waals surface area contributed by atoms with Crippen molar-refractivity contribution < 1.29 is 4.74 Å². The molecule has 0 radical (unpaired) electrons. The van der Waals surface area contributed by atoms with E-state index in [0.29, 0.717) is 17.9 Å². The Kier molecular flexibility index (Phi) is 4.80. The quantitative estimate of drug-likeness (QED) is 0.790. The van der Waals surface area contributed by atoms with Crippen molar-refractivity contribution in [2.75, 3.05) is 30.9 Å². The van der Waals surface area contributed by atoms with Crippen LogP contribution >= 0.6 is 0 Å². The molecule has 0 aliphatic carbocycles. The molecule has 1 atom stereocenters. The van der Waals surface area contributed by atoms with Crippen molar-refractivity contribution >= 4 is 11.4 Å². The minimum Gasteiger partial charge on any atom is -0.398 e. The third-order valence-corrected chi connectivity index (χ3v) is 2.77. The summed E-state index contributed by atoms with van der Waals surface area (Å²) in [6.45, 7) is 5.68. The van der Waals surface area contributed by atoms with Gasteiger partial charge >= 0.3 is 0 Å². The largest absolute Gasteiger partial charge is 0.398 e. The van der Waals surface area contributed by atoms with E-state index in [1.807, 2.05) is 12.1 Å². The number of ether oxygens (including phenoxy) is 1. The van der Waals surface area contributed by atoms with Crippen LogP contribution in [0.15, 0.2) is 18.2 Å². The van der Waals surface area contributed by atoms with Crippen molar-refractivity contribution in [2.24, 2.45) is 0 Å². The van der Waals surface area contributed by atoms with E-state index in [1.165, 1.54) is 0 Å². The molecule has 1 unspecified atom stereocenters. The van der Waals surface area contributed by atoms with E-state index < -0.39 is 0 Å². The van der Waals surface area contributed by atoms with E-state index in [9.17, 15) is 0 Å². The van der Waals surface area contributed by atoms with Crippen LogP contribution in [-0.4, -0.2) is 26.3 Å². The second-order valence-corrected chi connectivity index (χ2v) is 3.97. The third kappa shape index (κ3) is 3.11. The summed E-state index contributed by atoms with van der Waals surface area (Å²) in [4.78, 5) is 2.18. The lowest BCUT2D eigenvalue weighted by Crippen LogP contribution is -2.36. The van der Waals surface area contributed by atoms with Gasteiger partial charge in [-0.25, -0.2) is 0 Å². The van der Waals surface area contributed by atoms with E-state index in [1.54, 1.807) is 13.2 Å². The molecule has 0 heterocycles. The van der Waals surface area contributed by atoms with Crippen LogP contribution in [0, 0.1) is 11.3 Å². The highest BCUT2D eigenvalue weighted by molar-refractivity contribution is 5.63. The molecular formula is C13H19N3O. The number of benzene rings is 1. The highest BCUT2D eigenvalue weighted by Crippen LogP contribution is 2.22. The lowest BCUT2D eigenvalue weighted by Gasteiger charge is -2.30. The molecular weight excluding hydrogens is 214 g/mol. The van der Waals surface area contributed by atoms with Crippen LogP contribution in [0.5, 0.6) is 0 Å². The number of nitrogen functional groups attached to an aromatic ring is 1. The molecule has 0 saturated carbocycles. The van der Waals surface area contributed by atoms with Crippen LogP contribution in [0.2, 0.25) is 0 Å². The van der Waals surface area contributed by atoms with Gasteiger partial charge < -0.3 is 15.4 Å². The van der Waals surface area contributed by atoms with E-state index in [2.05, 4.69) is 24.8 Å². The van der Waals surface area contributed by atoms with Gasteiger partial charge in [0.15, 0.2) is 0 Å². The number of rotatable bonds is 5. The molecule has 4 heteroatoms. The maximum atomic E-state index is 8.97. The minimum atomic E-state index is 0.264. The highest BCUT2D eigenvalue weighted by atomic mass is 16.5. The first-order chi connectivity index (χ1) is 8.13. The van der Waals surface area contributed by atoms with E-state index in [4.69, 9.17) is 15.7 Å². The summed E-state index contributed by atoms with van der Waals surface area (Å²) >= 11 is 0. The van der Waals surface area contributed by atoms with Gasteiger partial charge in [0, 0.05) is 31.1 Å². The summed E-state index contributed by atoms with van der Waals surface area (Å²) in [5, 5.41) is 8.97. The SMILES string of the molecule is CCN(c1ccc(N)c(C#N)c1)C(C)COC. The number of likely N-dealkylation sites (N-methyl/N-ethyl adjacent to an activating group) is 1. The molecule has 0 aliphatic rings. The molecule has 1 aromatic rings. The average Bonchev–Trinajstić information content (AvgIpc) is 2.32. The maximum absolute atomic E-state index is 8.97. The molecule has 0 aliphatic heterocycles. The minimum absolute atomic E-state index is 0.264. The monoisotopic (exact) mass is 233 g/mol. The van der Waals surface area contributed by atoms with Crippen molar-refractivity contribution in [2.45, 2.75) is 19.9 Å². The number of nitriles is 1. The molecule has 92 valence electrons. The Hall–Kier alpha value is -1.73. The fraction of sp³-hybridized carbons (Fsp3) is 0.462. The first kappa shape index (κ1) is 13.3. The lowest BCUT2D eigenvalue weighted by molar-refractivity contribution is 0.182. The summed E-state index contributed by atoms with van der Waals surface area (Å²) in [5.41, 5.74) is 7.75. The van der Waals surface area contributed by atoms with Gasteiger partial charge in [-0.15, -0.1) is 0 Å². The smallest absolute Gasteiger partial charge is 0.101 e. The normalized spacial score (nSPS) is 11.9. The standard InChI is InChI=1S/C13H19N3O/c1-4-16(10(2)9-17-3)12-5-6-13(15)11(7-12)8-14/h5-7,10H,4,9,15H2,1-3H3. The fourth-order valence-corrected chi connectivity index (χ4v) is 1.90. The fourth-order valence-electron chi connectivity index (χ4n) is 1.90. The molecule has 0 amide bonds. The topological polar surface area (TPSA) is 62.3 Å². The highest BCUT2D eigenvalue weighted by Gasteiger charge is 2.13. The summed E-state index contributed by atoms with van der Waals surface area (Å²) in [5.74, 6) is 0. The number of methoxy groups -OCH3 is 1. The molecule has 0 aromatic heterocycles. The van der Waals surface area contributed by atoms with Crippen LogP contribution in [0.3, 0.4) is 0 Å². The number of hydrogen-bond donors (Lipinski definition) is 1. The Balaban J connectivity index is 3.00. The molecule has 17 heavy (non-hydrogen) atoms. The summed E-state index contributed by atoms with van der Waals surface area (Å²) in [7, 11) is 1.69.